The molecule has 0 radical (unpaired) electrons. The first-order valence-electron chi connectivity index (χ1n) is 7.92. The minimum atomic E-state index is -0.164. The maximum atomic E-state index is 12.0. The van der Waals surface area contributed by atoms with E-state index in [1.165, 1.54) is 0 Å². The molecule has 5 nitrogen and oxygen atoms in total. The number of nitrogens with one attached hydrogen (secondary N) is 2. The minimum Gasteiger partial charge on any atom is -0.378 e. The third-order valence-electron chi connectivity index (χ3n) is 5.44. The van der Waals surface area contributed by atoms with Crippen molar-refractivity contribution in [3.8, 4) is 0 Å². The summed E-state index contributed by atoms with van der Waals surface area (Å²) in [5, 5.41) is 5.97. The van der Waals surface area contributed by atoms with Crippen molar-refractivity contribution in [3.05, 3.63) is 0 Å². The van der Waals surface area contributed by atoms with Crippen molar-refractivity contribution in [1.82, 2.24) is 10.6 Å². The van der Waals surface area contributed by atoms with Crippen molar-refractivity contribution in [2.45, 2.75) is 64.5 Å². The molecule has 2 aliphatic rings. The number of rotatable bonds is 7. The number of methoxy groups -OCH3 is 1. The number of hydrogen-bond donors (Lipinski definition) is 2. The first-order valence-corrected chi connectivity index (χ1v) is 7.92. The smallest absolute Gasteiger partial charge is 0.223 e. The van der Waals surface area contributed by atoms with Crippen molar-refractivity contribution in [2.24, 2.45) is 11.3 Å². The van der Waals surface area contributed by atoms with Gasteiger partial charge in [0.2, 0.25) is 11.8 Å². The quantitative estimate of drug-likeness (QED) is 0.701. The molecule has 2 unspecified atom stereocenters. The highest BCUT2D eigenvalue weighted by atomic mass is 16.5. The normalized spacial score (nSPS) is 30.4. The van der Waals surface area contributed by atoms with E-state index >= 15 is 0 Å². The molecule has 0 aromatic rings. The van der Waals surface area contributed by atoms with Gasteiger partial charge in [0.05, 0.1) is 5.60 Å². The number of ether oxygens (including phenoxy) is 1. The largest absolute Gasteiger partial charge is 0.378 e. The molecule has 2 N–H and O–H groups in total. The van der Waals surface area contributed by atoms with Crippen molar-refractivity contribution in [2.75, 3.05) is 13.7 Å². The van der Waals surface area contributed by atoms with Crippen LogP contribution in [0.3, 0.4) is 0 Å². The fourth-order valence-corrected chi connectivity index (χ4v) is 2.94. The first kappa shape index (κ1) is 16.3. The Labute approximate surface area is 127 Å². The van der Waals surface area contributed by atoms with Crippen molar-refractivity contribution in [1.29, 1.82) is 0 Å². The van der Waals surface area contributed by atoms with Gasteiger partial charge < -0.3 is 15.4 Å². The van der Waals surface area contributed by atoms with E-state index in [-0.39, 0.29) is 34.8 Å². The fraction of sp³-hybridized carbons (Fsp3) is 0.875. The SMILES string of the molecule is COC1(C)CC(NC(=O)CCCNC(=O)C2CC2)C1(C)C. The topological polar surface area (TPSA) is 67.4 Å². The van der Waals surface area contributed by atoms with E-state index in [9.17, 15) is 9.59 Å². The predicted molar refractivity (Wildman–Crippen MR) is 80.7 cm³/mol. The molecule has 120 valence electrons. The Bertz CT molecular complexity index is 418. The van der Waals surface area contributed by atoms with E-state index in [1.807, 2.05) is 0 Å². The van der Waals surface area contributed by atoms with E-state index < -0.39 is 0 Å². The fourth-order valence-electron chi connectivity index (χ4n) is 2.94. The van der Waals surface area contributed by atoms with E-state index in [1.54, 1.807) is 7.11 Å². The van der Waals surface area contributed by atoms with Gasteiger partial charge in [-0.3, -0.25) is 9.59 Å². The van der Waals surface area contributed by atoms with Crippen LogP contribution < -0.4 is 10.6 Å². The van der Waals surface area contributed by atoms with Crippen LogP contribution in [0.25, 0.3) is 0 Å². The standard InChI is InChI=1S/C16H28N2O3/c1-15(2)12(10-16(15,3)21-4)18-13(19)6-5-9-17-14(20)11-7-8-11/h11-12H,5-10H2,1-4H3,(H,17,20)(H,18,19). The van der Waals surface area contributed by atoms with Crippen molar-refractivity contribution in [3.63, 3.8) is 0 Å². The monoisotopic (exact) mass is 296 g/mol. The molecular formula is C16H28N2O3. The van der Waals surface area contributed by atoms with Gasteiger partial charge in [-0.25, -0.2) is 0 Å². The molecule has 2 saturated carbocycles. The third kappa shape index (κ3) is 3.39. The zero-order valence-corrected chi connectivity index (χ0v) is 13.6. The lowest BCUT2D eigenvalue weighted by Crippen LogP contribution is -2.68. The molecule has 2 atom stereocenters. The predicted octanol–water partition coefficient (Wildman–Crippen LogP) is 1.61. The summed E-state index contributed by atoms with van der Waals surface area (Å²) in [6, 6.07) is 0.163. The molecule has 0 aromatic heterocycles. The Morgan fingerprint density at radius 2 is 1.90 bits per heavy atom. The number of carbonyl (C=O) groups excluding carboxylic acids is 2. The van der Waals surface area contributed by atoms with E-state index in [0.29, 0.717) is 19.4 Å². The Morgan fingerprint density at radius 3 is 2.43 bits per heavy atom. The van der Waals surface area contributed by atoms with Crippen LogP contribution in [0.1, 0.15) is 52.9 Å². The molecule has 0 heterocycles. The van der Waals surface area contributed by atoms with Gasteiger partial charge in [0, 0.05) is 37.5 Å². The van der Waals surface area contributed by atoms with E-state index in [0.717, 1.165) is 19.3 Å². The lowest BCUT2D eigenvalue weighted by molar-refractivity contribution is -0.182. The van der Waals surface area contributed by atoms with Gasteiger partial charge in [-0.1, -0.05) is 13.8 Å². The Hall–Kier alpha value is -1.10. The molecule has 5 heteroatoms. The molecule has 2 fully saturated rings. The molecule has 2 rings (SSSR count). The van der Waals surface area contributed by atoms with Crippen LogP contribution in [-0.4, -0.2) is 37.1 Å². The molecule has 0 saturated heterocycles. The molecule has 0 bridgehead atoms. The summed E-state index contributed by atoms with van der Waals surface area (Å²) in [4.78, 5) is 23.4. The summed E-state index contributed by atoms with van der Waals surface area (Å²) in [5.74, 6) is 0.444. The second-order valence-electron chi connectivity index (χ2n) is 7.15. The summed E-state index contributed by atoms with van der Waals surface area (Å²) in [6.45, 7) is 6.93. The summed E-state index contributed by atoms with van der Waals surface area (Å²) in [5.41, 5.74) is -0.221. The zero-order valence-electron chi connectivity index (χ0n) is 13.6. The summed E-state index contributed by atoms with van der Waals surface area (Å²) in [7, 11) is 1.72. The molecular weight excluding hydrogens is 268 g/mol. The van der Waals surface area contributed by atoms with E-state index in [2.05, 4.69) is 31.4 Å². The van der Waals surface area contributed by atoms with Gasteiger partial charge in [-0.05, 0) is 32.6 Å². The molecule has 2 aliphatic carbocycles. The van der Waals surface area contributed by atoms with Gasteiger partial charge in [0.25, 0.3) is 0 Å². The van der Waals surface area contributed by atoms with E-state index in [4.69, 9.17) is 4.74 Å². The Balaban J connectivity index is 1.63. The van der Waals surface area contributed by atoms with Gasteiger partial charge in [0.1, 0.15) is 0 Å². The lowest BCUT2D eigenvalue weighted by atomic mass is 9.56. The van der Waals surface area contributed by atoms with Crippen LogP contribution in [-0.2, 0) is 14.3 Å². The van der Waals surface area contributed by atoms with Crippen LogP contribution in [0.2, 0.25) is 0 Å². The third-order valence-corrected chi connectivity index (χ3v) is 5.44. The Morgan fingerprint density at radius 1 is 1.24 bits per heavy atom. The van der Waals surface area contributed by atoms with Crippen LogP contribution >= 0.6 is 0 Å². The van der Waals surface area contributed by atoms with Crippen molar-refractivity contribution >= 4 is 11.8 Å². The highest BCUT2D eigenvalue weighted by molar-refractivity contribution is 5.81. The molecule has 0 aromatic carbocycles. The van der Waals surface area contributed by atoms with Gasteiger partial charge in [-0.15, -0.1) is 0 Å². The molecule has 0 spiro atoms. The molecule has 21 heavy (non-hydrogen) atoms. The second-order valence-corrected chi connectivity index (χ2v) is 7.15. The van der Waals surface area contributed by atoms with Gasteiger partial charge in [0.15, 0.2) is 0 Å². The maximum Gasteiger partial charge on any atom is 0.223 e. The van der Waals surface area contributed by atoms with Crippen LogP contribution in [0.5, 0.6) is 0 Å². The zero-order chi connectivity index (χ0) is 15.7. The summed E-state index contributed by atoms with van der Waals surface area (Å²) in [6.07, 6.45) is 4.03. The summed E-state index contributed by atoms with van der Waals surface area (Å²) >= 11 is 0. The van der Waals surface area contributed by atoms with Crippen LogP contribution in [0.15, 0.2) is 0 Å². The average molecular weight is 296 g/mol. The average Bonchev–Trinajstić information content (AvgIpc) is 3.27. The van der Waals surface area contributed by atoms with Crippen molar-refractivity contribution < 1.29 is 14.3 Å². The van der Waals surface area contributed by atoms with Crippen LogP contribution in [0.4, 0.5) is 0 Å². The highest BCUT2D eigenvalue weighted by Gasteiger charge is 2.58. The molecule has 0 aliphatic heterocycles. The lowest BCUT2D eigenvalue weighted by Gasteiger charge is -2.59. The summed E-state index contributed by atoms with van der Waals surface area (Å²) < 4.78 is 5.56. The first-order chi connectivity index (χ1) is 9.80. The van der Waals surface area contributed by atoms with Gasteiger partial charge >= 0.3 is 0 Å². The minimum absolute atomic E-state index is 0.0579. The number of hydrogen-bond acceptors (Lipinski definition) is 3. The Kier molecular flexibility index (Phi) is 4.61. The number of amides is 2. The van der Waals surface area contributed by atoms with Gasteiger partial charge in [-0.2, -0.15) is 0 Å². The second kappa shape index (κ2) is 5.95. The maximum absolute atomic E-state index is 12.0. The molecule has 2 amide bonds. The highest BCUT2D eigenvalue weighted by Crippen LogP contribution is 2.51. The number of carbonyl (C=O) groups is 2. The van der Waals surface area contributed by atoms with Crippen LogP contribution in [0, 0.1) is 11.3 Å².